The van der Waals surface area contributed by atoms with Crippen LogP contribution in [0.5, 0.6) is 0 Å². The van der Waals surface area contributed by atoms with E-state index in [0.717, 1.165) is 21.1 Å². The smallest absolute Gasteiger partial charge is 0.343 e. The molecular weight excluding hydrogens is 322 g/mol. The largest absolute Gasteiger partial charge is 0.363 e. The molecule has 0 atom stereocenters. The Kier molecular flexibility index (Phi) is 4.99. The number of hydrogen-bond acceptors (Lipinski definition) is 5. The standard InChI is InChI=1S/C14H15N5OS.ClH/c1-18(2)13-6-3-10(7-15-13)12-5-4-11(21-12)8-19-9-16-17-14(19)20;/h3-7,9H,8H2,1-2H3,(H,17,20);1H. The number of halogens is 1. The van der Waals surface area contributed by atoms with Gasteiger partial charge in [0.25, 0.3) is 0 Å². The number of H-pyrrole nitrogens is 1. The van der Waals surface area contributed by atoms with Crippen molar-refractivity contribution < 1.29 is 0 Å². The fourth-order valence-corrected chi connectivity index (χ4v) is 2.96. The molecular formula is C14H16ClN5OS. The Morgan fingerprint density at radius 3 is 2.68 bits per heavy atom. The number of nitrogens with zero attached hydrogens (tertiary/aromatic N) is 4. The summed E-state index contributed by atoms with van der Waals surface area (Å²) in [5.74, 6) is 0.931. The zero-order chi connectivity index (χ0) is 14.8. The second kappa shape index (κ2) is 6.76. The number of pyridine rings is 1. The van der Waals surface area contributed by atoms with Crippen molar-refractivity contribution in [1.82, 2.24) is 19.7 Å². The number of rotatable bonds is 4. The summed E-state index contributed by atoms with van der Waals surface area (Å²) in [6, 6.07) is 8.13. The van der Waals surface area contributed by atoms with Crippen molar-refractivity contribution in [1.29, 1.82) is 0 Å². The first kappa shape index (κ1) is 16.3. The van der Waals surface area contributed by atoms with Gasteiger partial charge in [0.1, 0.15) is 12.1 Å². The molecule has 0 unspecified atom stereocenters. The number of hydrogen-bond donors (Lipinski definition) is 1. The van der Waals surface area contributed by atoms with Gasteiger partial charge >= 0.3 is 5.69 Å². The highest BCUT2D eigenvalue weighted by molar-refractivity contribution is 7.15. The number of nitrogens with one attached hydrogen (secondary N) is 1. The summed E-state index contributed by atoms with van der Waals surface area (Å²) >= 11 is 1.65. The van der Waals surface area contributed by atoms with Gasteiger partial charge in [-0.05, 0) is 24.3 Å². The minimum absolute atomic E-state index is 0. The van der Waals surface area contributed by atoms with Gasteiger partial charge in [-0.3, -0.25) is 4.57 Å². The molecule has 0 aliphatic carbocycles. The maximum absolute atomic E-state index is 11.4. The van der Waals surface area contributed by atoms with Crippen LogP contribution in [0.1, 0.15) is 4.88 Å². The molecule has 0 bridgehead atoms. The van der Waals surface area contributed by atoms with Crippen molar-refractivity contribution in [3.63, 3.8) is 0 Å². The highest BCUT2D eigenvalue weighted by atomic mass is 35.5. The Labute approximate surface area is 137 Å². The summed E-state index contributed by atoms with van der Waals surface area (Å²) in [6.07, 6.45) is 3.38. The topological polar surface area (TPSA) is 66.8 Å². The van der Waals surface area contributed by atoms with E-state index in [1.54, 1.807) is 15.9 Å². The third-order valence-corrected chi connectivity index (χ3v) is 4.22. The number of thiophene rings is 1. The van der Waals surface area contributed by atoms with Gasteiger partial charge in [-0.1, -0.05) is 0 Å². The minimum Gasteiger partial charge on any atom is -0.363 e. The molecule has 0 radical (unpaired) electrons. The third-order valence-electron chi connectivity index (χ3n) is 3.10. The lowest BCUT2D eigenvalue weighted by molar-refractivity contribution is 0.772. The molecule has 22 heavy (non-hydrogen) atoms. The Morgan fingerprint density at radius 2 is 2.09 bits per heavy atom. The lowest BCUT2D eigenvalue weighted by Gasteiger charge is -2.10. The van der Waals surface area contributed by atoms with E-state index in [1.165, 1.54) is 6.33 Å². The molecule has 3 rings (SSSR count). The van der Waals surface area contributed by atoms with Crippen molar-refractivity contribution in [2.24, 2.45) is 0 Å². The Balaban J connectivity index is 0.00000176. The summed E-state index contributed by atoms with van der Waals surface area (Å²) in [5.41, 5.74) is 0.887. The van der Waals surface area contributed by atoms with Gasteiger partial charge in [-0.2, -0.15) is 5.10 Å². The second-order valence-electron chi connectivity index (χ2n) is 4.85. The van der Waals surface area contributed by atoms with E-state index in [9.17, 15) is 4.79 Å². The fourth-order valence-electron chi connectivity index (χ4n) is 1.97. The minimum atomic E-state index is -0.193. The second-order valence-corrected chi connectivity index (χ2v) is 6.02. The lowest BCUT2D eigenvalue weighted by atomic mass is 10.2. The van der Waals surface area contributed by atoms with E-state index in [2.05, 4.69) is 27.3 Å². The van der Waals surface area contributed by atoms with Gasteiger partial charge in [-0.15, -0.1) is 23.7 Å². The molecule has 3 aromatic rings. The Hall–Kier alpha value is -2.12. The van der Waals surface area contributed by atoms with E-state index in [1.807, 2.05) is 37.3 Å². The number of aromatic amines is 1. The van der Waals surface area contributed by atoms with Crippen LogP contribution in [0.25, 0.3) is 10.4 Å². The van der Waals surface area contributed by atoms with Gasteiger partial charge in [0, 0.05) is 35.6 Å². The van der Waals surface area contributed by atoms with Crippen molar-refractivity contribution in [3.8, 4) is 10.4 Å². The van der Waals surface area contributed by atoms with E-state index in [4.69, 9.17) is 0 Å². The molecule has 0 amide bonds. The molecule has 0 fully saturated rings. The quantitative estimate of drug-likeness (QED) is 0.792. The Bertz CT molecular complexity index is 790. The molecule has 3 aromatic heterocycles. The molecule has 8 heteroatoms. The molecule has 0 aliphatic rings. The van der Waals surface area contributed by atoms with Crippen LogP contribution < -0.4 is 10.6 Å². The van der Waals surface area contributed by atoms with Gasteiger partial charge in [0.2, 0.25) is 0 Å². The molecule has 0 saturated heterocycles. The van der Waals surface area contributed by atoms with E-state index in [0.29, 0.717) is 6.54 Å². The third kappa shape index (κ3) is 3.37. The van der Waals surface area contributed by atoms with E-state index >= 15 is 0 Å². The monoisotopic (exact) mass is 337 g/mol. The lowest BCUT2D eigenvalue weighted by Crippen LogP contribution is -2.16. The van der Waals surface area contributed by atoms with Crippen molar-refractivity contribution in [2.75, 3.05) is 19.0 Å². The zero-order valence-corrected chi connectivity index (χ0v) is 13.8. The van der Waals surface area contributed by atoms with Crippen LogP contribution in [-0.2, 0) is 6.54 Å². The molecule has 6 nitrogen and oxygen atoms in total. The maximum atomic E-state index is 11.4. The van der Waals surface area contributed by atoms with Crippen LogP contribution in [0.4, 0.5) is 5.82 Å². The molecule has 116 valence electrons. The number of anilines is 1. The zero-order valence-electron chi connectivity index (χ0n) is 12.2. The highest BCUT2D eigenvalue weighted by Crippen LogP contribution is 2.28. The summed E-state index contributed by atoms with van der Waals surface area (Å²) in [6.45, 7) is 0.531. The van der Waals surface area contributed by atoms with Crippen molar-refractivity contribution in [2.45, 2.75) is 6.54 Å². The van der Waals surface area contributed by atoms with Crippen LogP contribution in [0, 0.1) is 0 Å². The van der Waals surface area contributed by atoms with Gasteiger partial charge < -0.3 is 4.90 Å². The SMILES string of the molecule is CN(C)c1ccc(-c2ccc(Cn3cn[nH]c3=O)s2)cn1.Cl. The average molecular weight is 338 g/mol. The first-order chi connectivity index (χ1) is 10.1. The van der Waals surface area contributed by atoms with Crippen molar-refractivity contribution in [3.05, 3.63) is 52.2 Å². The van der Waals surface area contributed by atoms with Crippen molar-refractivity contribution >= 4 is 29.6 Å². The van der Waals surface area contributed by atoms with Crippen LogP contribution in [-0.4, -0.2) is 33.8 Å². The summed E-state index contributed by atoms with van der Waals surface area (Å²) in [4.78, 5) is 20.1. The highest BCUT2D eigenvalue weighted by Gasteiger charge is 2.06. The van der Waals surface area contributed by atoms with Crippen LogP contribution >= 0.6 is 23.7 Å². The normalized spacial score (nSPS) is 10.3. The van der Waals surface area contributed by atoms with Crippen LogP contribution in [0.15, 0.2) is 41.6 Å². The summed E-state index contributed by atoms with van der Waals surface area (Å²) < 4.78 is 1.54. The number of aromatic nitrogens is 4. The molecule has 1 N–H and O–H groups in total. The first-order valence-electron chi connectivity index (χ1n) is 6.46. The van der Waals surface area contributed by atoms with Crippen LogP contribution in [0.3, 0.4) is 0 Å². The van der Waals surface area contributed by atoms with Crippen LogP contribution in [0.2, 0.25) is 0 Å². The maximum Gasteiger partial charge on any atom is 0.343 e. The van der Waals surface area contributed by atoms with Gasteiger partial charge in [-0.25, -0.2) is 14.9 Å². The average Bonchev–Trinajstić information content (AvgIpc) is 3.10. The fraction of sp³-hybridized carbons (Fsp3) is 0.214. The Morgan fingerprint density at radius 1 is 1.27 bits per heavy atom. The summed E-state index contributed by atoms with van der Waals surface area (Å²) in [7, 11) is 3.93. The van der Waals surface area contributed by atoms with Gasteiger partial charge in [0.05, 0.1) is 6.54 Å². The predicted octanol–water partition coefficient (Wildman–Crippen LogP) is 2.23. The van der Waals surface area contributed by atoms with Gasteiger partial charge in [0.15, 0.2) is 0 Å². The molecule has 0 aliphatic heterocycles. The molecule has 0 spiro atoms. The molecule has 0 aromatic carbocycles. The first-order valence-corrected chi connectivity index (χ1v) is 7.27. The van der Waals surface area contributed by atoms with E-state index < -0.39 is 0 Å². The van der Waals surface area contributed by atoms with E-state index in [-0.39, 0.29) is 18.1 Å². The molecule has 3 heterocycles. The predicted molar refractivity (Wildman–Crippen MR) is 91.1 cm³/mol. The summed E-state index contributed by atoms with van der Waals surface area (Å²) in [5, 5.41) is 6.12. The molecule has 0 saturated carbocycles.